The fourth-order valence-electron chi connectivity index (χ4n) is 1.70. The average molecular weight is 238 g/mol. The summed E-state index contributed by atoms with van der Waals surface area (Å²) in [6, 6.07) is 15.7. The van der Waals surface area contributed by atoms with Gasteiger partial charge in [-0.15, -0.1) is 5.73 Å². The fourth-order valence-corrected chi connectivity index (χ4v) is 1.70. The number of allylic oxidation sites excluding steroid dienone is 1. The predicted octanol–water partition coefficient (Wildman–Crippen LogP) is 3.61. The third-order valence-electron chi connectivity index (χ3n) is 2.47. The van der Waals surface area contributed by atoms with Crippen molar-refractivity contribution in [1.29, 1.82) is 0 Å². The van der Waals surface area contributed by atoms with Crippen LogP contribution in [0.15, 0.2) is 66.4 Å². The first-order chi connectivity index (χ1) is 8.81. The number of hydrogen-bond donors (Lipinski definition) is 0. The standard InChI is InChI=1S/C16H11FO/c17-15-9-4-8-14(12-15)16(10-5-11-18)13-6-2-1-3-7-13/h1-9,11-12H. The van der Waals surface area contributed by atoms with Gasteiger partial charge in [-0.1, -0.05) is 42.5 Å². The Balaban J connectivity index is 2.58. The summed E-state index contributed by atoms with van der Waals surface area (Å²) in [5.74, 6) is -0.311. The molecule has 0 amide bonds. The summed E-state index contributed by atoms with van der Waals surface area (Å²) in [6.07, 6.45) is 1.94. The maximum Gasteiger partial charge on any atom is 0.150 e. The van der Waals surface area contributed by atoms with E-state index in [-0.39, 0.29) is 5.82 Å². The van der Waals surface area contributed by atoms with E-state index < -0.39 is 0 Å². The number of carbonyl (C=O) groups is 1. The largest absolute Gasteiger partial charge is 0.298 e. The van der Waals surface area contributed by atoms with Gasteiger partial charge < -0.3 is 0 Å². The second-order valence-corrected chi connectivity index (χ2v) is 3.70. The van der Waals surface area contributed by atoms with Crippen molar-refractivity contribution in [2.24, 2.45) is 0 Å². The van der Waals surface area contributed by atoms with E-state index in [1.165, 1.54) is 18.2 Å². The molecule has 18 heavy (non-hydrogen) atoms. The van der Waals surface area contributed by atoms with Crippen molar-refractivity contribution in [2.75, 3.05) is 0 Å². The highest BCUT2D eigenvalue weighted by Gasteiger charge is 2.04. The van der Waals surface area contributed by atoms with E-state index in [1.54, 1.807) is 12.1 Å². The van der Waals surface area contributed by atoms with E-state index in [9.17, 15) is 9.18 Å². The molecule has 88 valence electrons. The topological polar surface area (TPSA) is 17.1 Å². The molecule has 0 atom stereocenters. The molecule has 2 heteroatoms. The average Bonchev–Trinajstić information content (AvgIpc) is 2.40. The van der Waals surface area contributed by atoms with Crippen molar-refractivity contribution < 1.29 is 9.18 Å². The van der Waals surface area contributed by atoms with Crippen LogP contribution in [0.4, 0.5) is 4.39 Å². The van der Waals surface area contributed by atoms with E-state index >= 15 is 0 Å². The first-order valence-electron chi connectivity index (χ1n) is 5.53. The van der Waals surface area contributed by atoms with Crippen LogP contribution in [0.5, 0.6) is 0 Å². The number of halogens is 1. The summed E-state index contributed by atoms with van der Waals surface area (Å²) in [4.78, 5) is 10.4. The summed E-state index contributed by atoms with van der Waals surface area (Å²) in [7, 11) is 0. The minimum absolute atomic E-state index is 0.311. The van der Waals surface area contributed by atoms with Crippen LogP contribution < -0.4 is 0 Å². The van der Waals surface area contributed by atoms with Gasteiger partial charge in [0.2, 0.25) is 0 Å². The quantitative estimate of drug-likeness (QED) is 0.453. The van der Waals surface area contributed by atoms with Gasteiger partial charge in [0.15, 0.2) is 6.29 Å². The molecule has 2 aromatic carbocycles. The van der Waals surface area contributed by atoms with E-state index in [2.05, 4.69) is 5.73 Å². The molecule has 0 aromatic heterocycles. The van der Waals surface area contributed by atoms with Gasteiger partial charge in [0, 0.05) is 11.6 Å². The Hall–Kier alpha value is -2.44. The van der Waals surface area contributed by atoms with Gasteiger partial charge in [-0.05, 0) is 23.3 Å². The van der Waals surface area contributed by atoms with Crippen LogP contribution in [-0.2, 0) is 4.79 Å². The summed E-state index contributed by atoms with van der Waals surface area (Å²) in [5.41, 5.74) is 5.17. The Bertz CT molecular complexity index is 608. The molecule has 0 bridgehead atoms. The van der Waals surface area contributed by atoms with Crippen LogP contribution in [0.1, 0.15) is 11.1 Å². The van der Waals surface area contributed by atoms with Crippen LogP contribution in [0, 0.1) is 5.82 Å². The number of rotatable bonds is 3. The number of aldehydes is 1. The third kappa shape index (κ3) is 2.82. The zero-order chi connectivity index (χ0) is 12.8. The lowest BCUT2D eigenvalue weighted by atomic mass is 9.99. The molecular formula is C16H11FO. The lowest BCUT2D eigenvalue weighted by molar-refractivity contribution is -0.104. The van der Waals surface area contributed by atoms with Crippen molar-refractivity contribution in [2.45, 2.75) is 0 Å². The number of hydrogen-bond acceptors (Lipinski definition) is 1. The third-order valence-corrected chi connectivity index (χ3v) is 2.47. The second-order valence-electron chi connectivity index (χ2n) is 3.70. The molecular weight excluding hydrogens is 227 g/mol. The highest BCUT2D eigenvalue weighted by molar-refractivity contribution is 5.81. The van der Waals surface area contributed by atoms with Crippen molar-refractivity contribution in [3.63, 3.8) is 0 Å². The maximum absolute atomic E-state index is 13.2. The first kappa shape index (κ1) is 12.0. The van der Waals surface area contributed by atoms with E-state index in [4.69, 9.17) is 0 Å². The van der Waals surface area contributed by atoms with Crippen LogP contribution in [0.25, 0.3) is 5.57 Å². The zero-order valence-electron chi connectivity index (χ0n) is 9.64. The van der Waals surface area contributed by atoms with Crippen molar-refractivity contribution >= 4 is 11.9 Å². The lowest BCUT2D eigenvalue weighted by Gasteiger charge is -2.05. The van der Waals surface area contributed by atoms with E-state index in [1.807, 2.05) is 30.3 Å². The van der Waals surface area contributed by atoms with Gasteiger partial charge in [-0.25, -0.2) is 4.39 Å². The molecule has 0 radical (unpaired) electrons. The summed E-state index contributed by atoms with van der Waals surface area (Å²) < 4.78 is 13.2. The SMILES string of the molecule is O=CC=C=C(c1ccccc1)c1cccc(F)c1. The van der Waals surface area contributed by atoms with Crippen LogP contribution >= 0.6 is 0 Å². The molecule has 0 saturated heterocycles. The fraction of sp³-hybridized carbons (Fsp3) is 0. The second kappa shape index (κ2) is 5.76. The van der Waals surface area contributed by atoms with Gasteiger partial charge in [0.05, 0.1) is 0 Å². The summed E-state index contributed by atoms with van der Waals surface area (Å²) in [5, 5.41) is 0. The lowest BCUT2D eigenvalue weighted by Crippen LogP contribution is -1.87. The van der Waals surface area contributed by atoms with Crippen molar-refractivity contribution in [3.05, 3.63) is 83.3 Å². The molecule has 0 saturated carbocycles. The Labute approximate surface area is 105 Å². The minimum Gasteiger partial charge on any atom is -0.298 e. The van der Waals surface area contributed by atoms with E-state index in [0.717, 1.165) is 5.56 Å². The van der Waals surface area contributed by atoms with Gasteiger partial charge >= 0.3 is 0 Å². The van der Waals surface area contributed by atoms with Gasteiger partial charge in [0.25, 0.3) is 0 Å². The molecule has 2 rings (SSSR count). The highest BCUT2D eigenvalue weighted by Crippen LogP contribution is 2.22. The molecule has 0 N–H and O–H groups in total. The van der Waals surface area contributed by atoms with Gasteiger partial charge in [-0.2, -0.15) is 0 Å². The molecule has 0 aliphatic rings. The first-order valence-corrected chi connectivity index (χ1v) is 5.53. The van der Waals surface area contributed by atoms with Crippen LogP contribution in [0.3, 0.4) is 0 Å². The number of carbonyl (C=O) groups excluding carboxylic acids is 1. The van der Waals surface area contributed by atoms with Crippen LogP contribution in [-0.4, -0.2) is 6.29 Å². The molecule has 0 fully saturated rings. The Morgan fingerprint density at radius 1 is 1.00 bits per heavy atom. The molecule has 0 spiro atoms. The normalized spacial score (nSPS) is 9.39. The van der Waals surface area contributed by atoms with Crippen LogP contribution in [0.2, 0.25) is 0 Å². The smallest absolute Gasteiger partial charge is 0.150 e. The molecule has 1 nitrogen and oxygen atoms in total. The van der Waals surface area contributed by atoms with Crippen molar-refractivity contribution in [3.8, 4) is 0 Å². The summed E-state index contributed by atoms with van der Waals surface area (Å²) >= 11 is 0. The van der Waals surface area contributed by atoms with Crippen molar-refractivity contribution in [1.82, 2.24) is 0 Å². The molecule has 0 aliphatic heterocycles. The molecule has 0 aliphatic carbocycles. The monoisotopic (exact) mass is 238 g/mol. The van der Waals surface area contributed by atoms with Gasteiger partial charge in [-0.3, -0.25) is 4.79 Å². The Morgan fingerprint density at radius 3 is 2.39 bits per heavy atom. The minimum atomic E-state index is -0.311. The zero-order valence-corrected chi connectivity index (χ0v) is 9.64. The molecule has 0 unspecified atom stereocenters. The van der Waals surface area contributed by atoms with Gasteiger partial charge in [0.1, 0.15) is 5.82 Å². The number of benzene rings is 2. The summed E-state index contributed by atoms with van der Waals surface area (Å²) in [6.45, 7) is 0. The van der Waals surface area contributed by atoms with E-state index in [0.29, 0.717) is 17.4 Å². The Kier molecular flexibility index (Phi) is 3.85. The highest BCUT2D eigenvalue weighted by atomic mass is 19.1. The maximum atomic E-state index is 13.2. The Morgan fingerprint density at radius 2 is 1.72 bits per heavy atom. The predicted molar refractivity (Wildman–Crippen MR) is 69.5 cm³/mol. The molecule has 0 heterocycles. The molecule has 2 aromatic rings.